The van der Waals surface area contributed by atoms with Crippen molar-refractivity contribution in [2.24, 2.45) is 0 Å². The molecule has 10 aromatic rings. The van der Waals surface area contributed by atoms with Crippen LogP contribution in [0, 0.1) is 0 Å². The second kappa shape index (κ2) is 13.5. The normalized spacial score (nSPS) is 14.1. The van der Waals surface area contributed by atoms with Gasteiger partial charge in [-0.05, 0) is 127 Å². The van der Waals surface area contributed by atoms with Crippen molar-refractivity contribution in [3.8, 4) is 22.3 Å². The molecule has 2 aliphatic carbocycles. The molecule has 0 spiro atoms. The van der Waals surface area contributed by atoms with Crippen LogP contribution in [0.3, 0.4) is 0 Å². The van der Waals surface area contributed by atoms with E-state index in [2.05, 4.69) is 244 Å². The molecule has 0 fully saturated rings. The number of rotatable bonds is 6. The Morgan fingerprint density at radius 1 is 0.290 bits per heavy atom. The minimum absolute atomic E-state index is 0.119. The molecular formula is C60H46N2. The quantitative estimate of drug-likeness (QED) is 0.155. The lowest BCUT2D eigenvalue weighted by molar-refractivity contribution is 0.660. The van der Waals surface area contributed by atoms with Crippen LogP contribution < -0.4 is 9.80 Å². The molecule has 0 unspecified atom stereocenters. The van der Waals surface area contributed by atoms with Crippen LogP contribution in [0.1, 0.15) is 49.9 Å². The molecule has 0 aliphatic heterocycles. The molecule has 62 heavy (non-hydrogen) atoms. The van der Waals surface area contributed by atoms with E-state index in [0.717, 1.165) is 34.1 Å². The zero-order valence-corrected chi connectivity index (χ0v) is 35.5. The molecule has 0 bridgehead atoms. The van der Waals surface area contributed by atoms with E-state index >= 15 is 0 Å². The number of fused-ring (bicyclic) bond motifs is 11. The molecule has 0 radical (unpaired) electrons. The second-order valence-corrected chi connectivity index (χ2v) is 18.1. The first kappa shape index (κ1) is 36.4. The van der Waals surface area contributed by atoms with Crippen LogP contribution >= 0.6 is 0 Å². The first-order chi connectivity index (χ1) is 30.3. The van der Waals surface area contributed by atoms with Crippen LogP contribution in [-0.2, 0) is 10.8 Å². The van der Waals surface area contributed by atoms with Crippen LogP contribution in [0.4, 0.5) is 34.1 Å². The largest absolute Gasteiger partial charge is 0.310 e. The van der Waals surface area contributed by atoms with Gasteiger partial charge in [-0.25, -0.2) is 0 Å². The van der Waals surface area contributed by atoms with E-state index in [-0.39, 0.29) is 10.8 Å². The lowest BCUT2D eigenvalue weighted by Gasteiger charge is -2.31. The number of nitrogens with zero attached hydrogens (tertiary/aromatic N) is 2. The minimum atomic E-state index is -0.131. The smallest absolute Gasteiger partial charge is 0.0552 e. The van der Waals surface area contributed by atoms with E-state index < -0.39 is 0 Å². The van der Waals surface area contributed by atoms with Crippen LogP contribution in [0.15, 0.2) is 206 Å². The van der Waals surface area contributed by atoms with Gasteiger partial charge in [-0.3, -0.25) is 0 Å². The van der Waals surface area contributed by atoms with Crippen LogP contribution in [0.2, 0.25) is 0 Å². The highest BCUT2D eigenvalue weighted by Crippen LogP contribution is 2.54. The van der Waals surface area contributed by atoms with Gasteiger partial charge in [0.25, 0.3) is 0 Å². The maximum Gasteiger partial charge on any atom is 0.0552 e. The third-order valence-corrected chi connectivity index (χ3v) is 14.0. The van der Waals surface area contributed by atoms with Gasteiger partial charge in [0.2, 0.25) is 0 Å². The van der Waals surface area contributed by atoms with Crippen molar-refractivity contribution < 1.29 is 0 Å². The predicted molar refractivity (Wildman–Crippen MR) is 263 cm³/mol. The summed E-state index contributed by atoms with van der Waals surface area (Å²) >= 11 is 0. The van der Waals surface area contributed by atoms with E-state index in [1.165, 1.54) is 76.8 Å². The molecule has 2 nitrogen and oxygen atoms in total. The maximum absolute atomic E-state index is 2.50. The zero-order valence-electron chi connectivity index (χ0n) is 35.5. The highest BCUT2D eigenvalue weighted by molar-refractivity contribution is 6.25. The fourth-order valence-electron chi connectivity index (χ4n) is 11.0. The second-order valence-electron chi connectivity index (χ2n) is 18.1. The van der Waals surface area contributed by atoms with Gasteiger partial charge in [0.05, 0.1) is 11.4 Å². The SMILES string of the molecule is CC1(C)c2ccccc2-c2ccc(N(c3ccccc3)c3cccc4c3ccc3c5ccccc5cc(N(c5ccccc5)c5ccc6c(c5)C(C)(C)c5ccccc5-6)c43)cc21. The fourth-order valence-corrected chi connectivity index (χ4v) is 11.0. The molecular weight excluding hydrogens is 749 g/mol. The predicted octanol–water partition coefficient (Wildman–Crippen LogP) is 16.7. The molecule has 2 heteroatoms. The standard InChI is InChI=1S/C60H46N2/c1-59(2)52-27-15-13-24-45(52)47-32-30-42(37-54(47)59)61(40-19-7-5-8-20-40)56-29-17-26-50-49(56)34-35-51-44-23-12-11-18-39(44)36-57(58(50)51)62(41-21-9-6-10-22-41)43-31-33-48-46-25-14-16-28-53(46)60(3,4)55(48)38-43/h5-38H,1-4H3. The molecule has 0 saturated heterocycles. The molecule has 296 valence electrons. The van der Waals surface area contributed by atoms with Crippen LogP contribution in [0.5, 0.6) is 0 Å². The number of hydrogen-bond donors (Lipinski definition) is 0. The Bertz CT molecular complexity index is 3410. The maximum atomic E-state index is 2.50. The Kier molecular flexibility index (Phi) is 7.96. The number of para-hydroxylation sites is 2. The highest BCUT2D eigenvalue weighted by atomic mass is 15.2. The molecule has 0 amide bonds. The molecule has 10 aromatic carbocycles. The third-order valence-electron chi connectivity index (χ3n) is 14.0. The van der Waals surface area contributed by atoms with Crippen LogP contribution in [0.25, 0.3) is 54.6 Å². The summed E-state index contributed by atoms with van der Waals surface area (Å²) in [5, 5.41) is 7.34. The number of anilines is 6. The van der Waals surface area contributed by atoms with Gasteiger partial charge >= 0.3 is 0 Å². The van der Waals surface area contributed by atoms with E-state index in [0.29, 0.717) is 0 Å². The summed E-state index contributed by atoms with van der Waals surface area (Å²) in [6.45, 7) is 9.47. The number of benzene rings is 10. The Morgan fingerprint density at radius 3 is 1.34 bits per heavy atom. The van der Waals surface area contributed by atoms with Crippen molar-refractivity contribution in [2.75, 3.05) is 9.80 Å². The van der Waals surface area contributed by atoms with Crippen molar-refractivity contribution in [2.45, 2.75) is 38.5 Å². The Balaban J connectivity index is 1.12. The molecule has 12 rings (SSSR count). The average molecular weight is 795 g/mol. The lowest BCUT2D eigenvalue weighted by atomic mass is 9.82. The van der Waals surface area contributed by atoms with Crippen molar-refractivity contribution in [1.29, 1.82) is 0 Å². The van der Waals surface area contributed by atoms with Crippen molar-refractivity contribution >= 4 is 66.4 Å². The Labute approximate surface area is 364 Å². The summed E-state index contributed by atoms with van der Waals surface area (Å²) in [4.78, 5) is 4.96. The third kappa shape index (κ3) is 5.29. The first-order valence-corrected chi connectivity index (χ1v) is 21.9. The minimum Gasteiger partial charge on any atom is -0.310 e. The summed E-state index contributed by atoms with van der Waals surface area (Å²) in [6.07, 6.45) is 0. The van der Waals surface area contributed by atoms with E-state index in [1.54, 1.807) is 0 Å². The van der Waals surface area contributed by atoms with Gasteiger partial charge in [-0.15, -0.1) is 0 Å². The molecule has 0 saturated carbocycles. The zero-order chi connectivity index (χ0) is 41.7. The molecule has 2 aliphatic rings. The van der Waals surface area contributed by atoms with Gasteiger partial charge in [-0.1, -0.05) is 173 Å². The average Bonchev–Trinajstić information content (AvgIpc) is 3.68. The Hall–Kier alpha value is -7.42. The topological polar surface area (TPSA) is 6.48 Å². The van der Waals surface area contributed by atoms with E-state index in [1.807, 2.05) is 0 Å². The van der Waals surface area contributed by atoms with Crippen molar-refractivity contribution in [1.82, 2.24) is 0 Å². The summed E-state index contributed by atoms with van der Waals surface area (Å²) in [5.41, 5.74) is 17.4. The van der Waals surface area contributed by atoms with Crippen LogP contribution in [-0.4, -0.2) is 0 Å². The molecule has 0 heterocycles. The summed E-state index contributed by atoms with van der Waals surface area (Å²) in [7, 11) is 0. The molecule has 0 aromatic heterocycles. The summed E-state index contributed by atoms with van der Waals surface area (Å²) in [6, 6.07) is 76.7. The van der Waals surface area contributed by atoms with Gasteiger partial charge in [0, 0.05) is 44.4 Å². The van der Waals surface area contributed by atoms with Gasteiger partial charge in [0.15, 0.2) is 0 Å². The Morgan fingerprint density at radius 2 is 0.742 bits per heavy atom. The molecule has 0 N–H and O–H groups in total. The highest BCUT2D eigenvalue weighted by Gasteiger charge is 2.37. The first-order valence-electron chi connectivity index (χ1n) is 21.9. The number of hydrogen-bond acceptors (Lipinski definition) is 2. The van der Waals surface area contributed by atoms with Gasteiger partial charge in [0.1, 0.15) is 0 Å². The van der Waals surface area contributed by atoms with Gasteiger partial charge in [-0.2, -0.15) is 0 Å². The van der Waals surface area contributed by atoms with E-state index in [9.17, 15) is 0 Å². The van der Waals surface area contributed by atoms with Crippen molar-refractivity contribution in [3.05, 3.63) is 229 Å². The van der Waals surface area contributed by atoms with Gasteiger partial charge < -0.3 is 9.80 Å². The summed E-state index contributed by atoms with van der Waals surface area (Å²) < 4.78 is 0. The fraction of sp³-hybridized carbons (Fsp3) is 0.100. The van der Waals surface area contributed by atoms with E-state index in [4.69, 9.17) is 0 Å². The van der Waals surface area contributed by atoms with Crippen molar-refractivity contribution in [3.63, 3.8) is 0 Å². The lowest BCUT2D eigenvalue weighted by Crippen LogP contribution is -2.17. The summed E-state index contributed by atoms with van der Waals surface area (Å²) in [5.74, 6) is 0. The monoisotopic (exact) mass is 794 g/mol. The molecule has 0 atom stereocenters.